The molecule has 0 spiro atoms. The molecule has 6 heteroatoms. The van der Waals surface area contributed by atoms with Gasteiger partial charge in [0.15, 0.2) is 0 Å². The van der Waals surface area contributed by atoms with Crippen LogP contribution in [0.5, 0.6) is 0 Å². The monoisotopic (exact) mass is 262 g/mol. The Morgan fingerprint density at radius 1 is 1.41 bits per heavy atom. The van der Waals surface area contributed by atoms with Gasteiger partial charge >= 0.3 is 0 Å². The van der Waals surface area contributed by atoms with E-state index in [0.717, 1.165) is 5.92 Å². The van der Waals surface area contributed by atoms with Gasteiger partial charge < -0.3 is 5.11 Å². The molecule has 2 N–H and O–H groups in total. The van der Waals surface area contributed by atoms with Gasteiger partial charge in [0.1, 0.15) is 0 Å². The van der Waals surface area contributed by atoms with Crippen molar-refractivity contribution in [2.45, 2.75) is 32.1 Å². The van der Waals surface area contributed by atoms with Crippen molar-refractivity contribution in [3.05, 3.63) is 0 Å². The van der Waals surface area contributed by atoms with Gasteiger partial charge in [0.25, 0.3) is 10.2 Å². The van der Waals surface area contributed by atoms with Crippen molar-refractivity contribution in [3.8, 4) is 0 Å². The molecule has 2 aliphatic carbocycles. The molecular formula is C11H22N2O3S. The van der Waals surface area contributed by atoms with Crippen molar-refractivity contribution >= 4 is 10.2 Å². The van der Waals surface area contributed by atoms with E-state index in [1.54, 1.807) is 7.05 Å². The maximum atomic E-state index is 11.9. The second-order valence-electron chi connectivity index (χ2n) is 5.36. The number of nitrogens with one attached hydrogen (secondary N) is 1. The van der Waals surface area contributed by atoms with Crippen molar-refractivity contribution in [2.75, 3.05) is 26.7 Å². The zero-order chi connectivity index (χ0) is 12.5. The smallest absolute Gasteiger partial charge is 0.279 e. The van der Waals surface area contributed by atoms with Gasteiger partial charge in [-0.1, -0.05) is 0 Å². The third kappa shape index (κ3) is 3.19. The number of hydrogen-bond acceptors (Lipinski definition) is 3. The van der Waals surface area contributed by atoms with E-state index in [1.165, 1.54) is 30.0 Å². The highest BCUT2D eigenvalue weighted by Crippen LogP contribution is 2.60. The van der Waals surface area contributed by atoms with Gasteiger partial charge in [0.05, 0.1) is 0 Å². The van der Waals surface area contributed by atoms with E-state index in [2.05, 4.69) is 4.72 Å². The standard InChI is InChI=1S/C11H22N2O3S/c1-13(7-2-8-14)17(15,16)12-9-11(5-6-11)10-3-4-10/h10,12,14H,2-9H2,1H3. The molecule has 0 bridgehead atoms. The van der Waals surface area contributed by atoms with E-state index in [0.29, 0.717) is 19.5 Å². The van der Waals surface area contributed by atoms with Crippen LogP contribution in [-0.4, -0.2) is 44.6 Å². The van der Waals surface area contributed by atoms with Crippen LogP contribution in [0.1, 0.15) is 32.1 Å². The fourth-order valence-electron chi connectivity index (χ4n) is 2.34. The summed E-state index contributed by atoms with van der Waals surface area (Å²) >= 11 is 0. The van der Waals surface area contributed by atoms with Crippen LogP contribution in [0, 0.1) is 11.3 Å². The van der Waals surface area contributed by atoms with E-state index in [1.807, 2.05) is 0 Å². The van der Waals surface area contributed by atoms with Gasteiger partial charge in [0, 0.05) is 26.7 Å². The van der Waals surface area contributed by atoms with Gasteiger partial charge in [-0.15, -0.1) is 0 Å². The summed E-state index contributed by atoms with van der Waals surface area (Å²) in [6, 6.07) is 0. The summed E-state index contributed by atoms with van der Waals surface area (Å²) in [5.41, 5.74) is 0.283. The fourth-order valence-corrected chi connectivity index (χ4v) is 3.40. The van der Waals surface area contributed by atoms with Crippen LogP contribution in [0.15, 0.2) is 0 Å². The van der Waals surface area contributed by atoms with Crippen molar-refractivity contribution in [2.24, 2.45) is 11.3 Å². The molecule has 0 heterocycles. The SMILES string of the molecule is CN(CCCO)S(=O)(=O)NCC1(C2CC2)CC1. The Morgan fingerprint density at radius 2 is 2.06 bits per heavy atom. The first-order valence-corrected chi connectivity index (χ1v) is 7.76. The maximum absolute atomic E-state index is 11.9. The van der Waals surface area contributed by atoms with E-state index in [9.17, 15) is 8.42 Å². The predicted octanol–water partition coefficient (Wildman–Crippen LogP) is 0.325. The molecule has 0 aromatic rings. The second kappa shape index (κ2) is 4.84. The minimum atomic E-state index is -3.36. The fraction of sp³-hybridized carbons (Fsp3) is 1.00. The van der Waals surface area contributed by atoms with E-state index >= 15 is 0 Å². The highest BCUT2D eigenvalue weighted by Gasteiger charge is 2.53. The quantitative estimate of drug-likeness (QED) is 0.662. The molecule has 0 radical (unpaired) electrons. The molecule has 17 heavy (non-hydrogen) atoms. The third-order valence-electron chi connectivity index (χ3n) is 3.98. The van der Waals surface area contributed by atoms with Crippen molar-refractivity contribution < 1.29 is 13.5 Å². The van der Waals surface area contributed by atoms with Gasteiger partial charge in [-0.3, -0.25) is 0 Å². The van der Waals surface area contributed by atoms with Crippen molar-refractivity contribution in [1.82, 2.24) is 9.03 Å². The molecule has 100 valence electrons. The molecule has 5 nitrogen and oxygen atoms in total. The lowest BCUT2D eigenvalue weighted by molar-refractivity contribution is 0.275. The first kappa shape index (κ1) is 13.3. The average Bonchev–Trinajstić information content (AvgIpc) is 3.15. The predicted molar refractivity (Wildman–Crippen MR) is 65.6 cm³/mol. The van der Waals surface area contributed by atoms with Crippen LogP contribution in [0.2, 0.25) is 0 Å². The Bertz CT molecular complexity index is 361. The molecule has 0 aromatic heterocycles. The van der Waals surface area contributed by atoms with Gasteiger partial charge in [-0.25, -0.2) is 4.72 Å². The Kier molecular flexibility index (Phi) is 3.77. The number of aliphatic hydroxyl groups excluding tert-OH is 1. The molecule has 2 rings (SSSR count). The average molecular weight is 262 g/mol. The first-order valence-electron chi connectivity index (χ1n) is 6.32. The molecule has 2 fully saturated rings. The van der Waals surface area contributed by atoms with Crippen molar-refractivity contribution in [3.63, 3.8) is 0 Å². The van der Waals surface area contributed by atoms with Crippen LogP contribution in [0.25, 0.3) is 0 Å². The number of nitrogens with zero attached hydrogens (tertiary/aromatic N) is 1. The summed E-state index contributed by atoms with van der Waals surface area (Å²) in [5, 5.41) is 8.69. The summed E-state index contributed by atoms with van der Waals surface area (Å²) < 4.78 is 27.8. The molecule has 0 unspecified atom stereocenters. The molecule has 0 atom stereocenters. The zero-order valence-corrected chi connectivity index (χ0v) is 11.2. The topological polar surface area (TPSA) is 69.6 Å². The molecule has 0 saturated heterocycles. The summed E-state index contributed by atoms with van der Waals surface area (Å²) in [4.78, 5) is 0. The molecule has 0 aromatic carbocycles. The number of aliphatic hydroxyl groups is 1. The Balaban J connectivity index is 1.80. The van der Waals surface area contributed by atoms with Crippen LogP contribution >= 0.6 is 0 Å². The minimum Gasteiger partial charge on any atom is -0.396 e. The molecule has 0 aliphatic heterocycles. The summed E-state index contributed by atoms with van der Waals surface area (Å²) in [6.07, 6.45) is 5.34. The lowest BCUT2D eigenvalue weighted by atomic mass is 10.0. The second-order valence-corrected chi connectivity index (χ2v) is 7.22. The summed E-state index contributed by atoms with van der Waals surface area (Å²) in [6.45, 7) is 0.970. The third-order valence-corrected chi connectivity index (χ3v) is 5.50. The minimum absolute atomic E-state index is 0.0197. The Labute approximate surface area is 103 Å². The van der Waals surface area contributed by atoms with Crippen LogP contribution in [-0.2, 0) is 10.2 Å². The van der Waals surface area contributed by atoms with Crippen molar-refractivity contribution in [1.29, 1.82) is 0 Å². The molecular weight excluding hydrogens is 240 g/mol. The Morgan fingerprint density at radius 3 is 2.53 bits per heavy atom. The van der Waals surface area contributed by atoms with Gasteiger partial charge in [0.2, 0.25) is 0 Å². The molecule has 0 amide bonds. The lowest BCUT2D eigenvalue weighted by Crippen LogP contribution is -2.41. The number of hydrogen-bond donors (Lipinski definition) is 2. The largest absolute Gasteiger partial charge is 0.396 e. The maximum Gasteiger partial charge on any atom is 0.279 e. The lowest BCUT2D eigenvalue weighted by Gasteiger charge is -2.20. The van der Waals surface area contributed by atoms with E-state index in [-0.39, 0.29) is 12.0 Å². The first-order chi connectivity index (χ1) is 8.00. The Hall–Kier alpha value is -0.170. The van der Waals surface area contributed by atoms with Gasteiger partial charge in [-0.2, -0.15) is 12.7 Å². The summed E-state index contributed by atoms with van der Waals surface area (Å²) in [5.74, 6) is 0.757. The molecule has 2 aliphatic rings. The number of rotatable bonds is 8. The van der Waals surface area contributed by atoms with Crippen LogP contribution < -0.4 is 4.72 Å². The van der Waals surface area contributed by atoms with E-state index in [4.69, 9.17) is 5.11 Å². The highest BCUT2D eigenvalue weighted by atomic mass is 32.2. The molecule has 2 saturated carbocycles. The van der Waals surface area contributed by atoms with Gasteiger partial charge in [-0.05, 0) is 43.4 Å². The summed E-state index contributed by atoms with van der Waals surface area (Å²) in [7, 11) is -1.81. The highest BCUT2D eigenvalue weighted by molar-refractivity contribution is 7.87. The zero-order valence-electron chi connectivity index (χ0n) is 10.4. The van der Waals surface area contributed by atoms with Crippen LogP contribution in [0.3, 0.4) is 0 Å². The van der Waals surface area contributed by atoms with Crippen LogP contribution in [0.4, 0.5) is 0 Å². The normalized spacial score (nSPS) is 23.0. The van der Waals surface area contributed by atoms with E-state index < -0.39 is 10.2 Å².